The van der Waals surface area contributed by atoms with Gasteiger partial charge in [-0.3, -0.25) is 9.59 Å². The van der Waals surface area contributed by atoms with E-state index in [0.717, 1.165) is 51.4 Å². The fourth-order valence-corrected chi connectivity index (χ4v) is 4.86. The van der Waals surface area contributed by atoms with E-state index in [2.05, 4.69) is 20.8 Å². The van der Waals surface area contributed by atoms with Crippen molar-refractivity contribution >= 4 is 11.9 Å². The zero-order chi connectivity index (χ0) is 23.4. The smallest absolute Gasteiger partial charge is 0.308 e. The van der Waals surface area contributed by atoms with Crippen LogP contribution in [-0.4, -0.2) is 25.2 Å². The highest BCUT2D eigenvalue weighted by molar-refractivity contribution is 5.76. The van der Waals surface area contributed by atoms with Crippen molar-refractivity contribution in [2.75, 3.05) is 13.2 Å². The molecule has 4 heteroatoms. The quantitative estimate of drug-likeness (QED) is 0.147. The molecule has 1 fully saturated rings. The number of ether oxygens (including phenoxy) is 2. The average Bonchev–Trinajstić information content (AvgIpc) is 2.81. The Morgan fingerprint density at radius 2 is 1.25 bits per heavy atom. The molecular formula is C28H52O4. The fraction of sp³-hybridized carbons (Fsp3) is 0.929. The van der Waals surface area contributed by atoms with Gasteiger partial charge in [0.2, 0.25) is 0 Å². The molecule has 0 heterocycles. The molecule has 0 aromatic carbocycles. The third-order valence-electron chi connectivity index (χ3n) is 6.96. The Bertz CT molecular complexity index is 476. The Hall–Kier alpha value is -1.06. The average molecular weight is 453 g/mol. The molecule has 1 rings (SSSR count). The van der Waals surface area contributed by atoms with Crippen molar-refractivity contribution < 1.29 is 19.1 Å². The summed E-state index contributed by atoms with van der Waals surface area (Å²) < 4.78 is 11.3. The predicted molar refractivity (Wildman–Crippen MR) is 133 cm³/mol. The molecule has 1 aliphatic rings. The van der Waals surface area contributed by atoms with E-state index >= 15 is 0 Å². The zero-order valence-corrected chi connectivity index (χ0v) is 21.5. The highest BCUT2D eigenvalue weighted by Gasteiger charge is 2.33. The standard InChI is InChI=1S/C28H52O4/c1-4-7-9-10-11-12-13-15-21-31-27(29)25-19-16-20-26(22-25)28(30)32-23-24(17-6-3)18-14-8-5-2/h24-26H,4-23H2,1-3H3. The van der Waals surface area contributed by atoms with E-state index < -0.39 is 0 Å². The minimum absolute atomic E-state index is 0.0952. The topological polar surface area (TPSA) is 52.6 Å². The van der Waals surface area contributed by atoms with Crippen LogP contribution in [0.2, 0.25) is 0 Å². The van der Waals surface area contributed by atoms with Gasteiger partial charge in [0.25, 0.3) is 0 Å². The Balaban J connectivity index is 2.23. The van der Waals surface area contributed by atoms with E-state index in [1.807, 2.05) is 0 Å². The predicted octanol–water partition coefficient (Wildman–Crippen LogP) is 8.02. The third-order valence-corrected chi connectivity index (χ3v) is 6.96. The van der Waals surface area contributed by atoms with Crippen LogP contribution in [0.1, 0.15) is 136 Å². The number of hydrogen-bond donors (Lipinski definition) is 0. The number of rotatable bonds is 19. The lowest BCUT2D eigenvalue weighted by Gasteiger charge is -2.27. The lowest BCUT2D eigenvalue weighted by Crippen LogP contribution is -2.30. The first-order valence-corrected chi connectivity index (χ1v) is 14.0. The molecule has 4 nitrogen and oxygen atoms in total. The van der Waals surface area contributed by atoms with Crippen molar-refractivity contribution in [3.63, 3.8) is 0 Å². The van der Waals surface area contributed by atoms with Gasteiger partial charge in [-0.25, -0.2) is 0 Å². The maximum absolute atomic E-state index is 12.7. The molecule has 0 saturated heterocycles. The lowest BCUT2D eigenvalue weighted by atomic mass is 9.81. The minimum Gasteiger partial charge on any atom is -0.465 e. The first kappa shape index (κ1) is 29.0. The van der Waals surface area contributed by atoms with E-state index in [1.165, 1.54) is 57.8 Å². The second-order valence-corrected chi connectivity index (χ2v) is 9.98. The number of carbonyl (C=O) groups is 2. The van der Waals surface area contributed by atoms with Crippen LogP contribution in [0.4, 0.5) is 0 Å². The molecule has 0 amide bonds. The molecule has 188 valence electrons. The summed E-state index contributed by atoms with van der Waals surface area (Å²) in [6.07, 6.45) is 20.2. The molecule has 0 aromatic heterocycles. The van der Waals surface area contributed by atoms with Crippen LogP contribution in [0.15, 0.2) is 0 Å². The van der Waals surface area contributed by atoms with Crippen molar-refractivity contribution in [1.29, 1.82) is 0 Å². The van der Waals surface area contributed by atoms with Crippen LogP contribution in [0.3, 0.4) is 0 Å². The van der Waals surface area contributed by atoms with Gasteiger partial charge < -0.3 is 9.47 Å². The minimum atomic E-state index is -0.137. The summed E-state index contributed by atoms with van der Waals surface area (Å²) in [5.74, 6) is 0.0104. The summed E-state index contributed by atoms with van der Waals surface area (Å²) in [6.45, 7) is 7.72. The van der Waals surface area contributed by atoms with Crippen molar-refractivity contribution in [1.82, 2.24) is 0 Å². The van der Waals surface area contributed by atoms with Gasteiger partial charge in [-0.15, -0.1) is 0 Å². The fourth-order valence-electron chi connectivity index (χ4n) is 4.86. The second kappa shape index (κ2) is 19.4. The third kappa shape index (κ3) is 13.5. The molecule has 32 heavy (non-hydrogen) atoms. The lowest BCUT2D eigenvalue weighted by molar-refractivity contribution is -0.156. The van der Waals surface area contributed by atoms with Gasteiger partial charge >= 0.3 is 11.9 Å². The summed E-state index contributed by atoms with van der Waals surface area (Å²) in [4.78, 5) is 25.2. The number of carbonyl (C=O) groups excluding carboxylic acids is 2. The summed E-state index contributed by atoms with van der Waals surface area (Å²) in [5, 5.41) is 0. The van der Waals surface area contributed by atoms with Gasteiger partial charge in [0.1, 0.15) is 0 Å². The SMILES string of the molecule is CCCCCCCCCCOC(=O)C1CCCC(C(=O)OCC(CCC)CCCCC)C1. The van der Waals surface area contributed by atoms with Crippen molar-refractivity contribution in [2.24, 2.45) is 17.8 Å². The van der Waals surface area contributed by atoms with Gasteiger partial charge in [0.15, 0.2) is 0 Å². The van der Waals surface area contributed by atoms with Crippen LogP contribution >= 0.6 is 0 Å². The summed E-state index contributed by atoms with van der Waals surface area (Å²) >= 11 is 0. The molecule has 0 N–H and O–H groups in total. The van der Waals surface area contributed by atoms with Gasteiger partial charge in [0.05, 0.1) is 25.0 Å². The van der Waals surface area contributed by atoms with Crippen molar-refractivity contribution in [2.45, 2.75) is 136 Å². The highest BCUT2D eigenvalue weighted by atomic mass is 16.5. The van der Waals surface area contributed by atoms with E-state index in [4.69, 9.17) is 9.47 Å². The first-order chi connectivity index (χ1) is 15.6. The Labute approximate surface area is 198 Å². The number of esters is 2. The van der Waals surface area contributed by atoms with E-state index in [0.29, 0.717) is 25.6 Å². The van der Waals surface area contributed by atoms with Crippen LogP contribution in [0.25, 0.3) is 0 Å². The van der Waals surface area contributed by atoms with Crippen molar-refractivity contribution in [3.05, 3.63) is 0 Å². The molecule has 3 unspecified atom stereocenters. The maximum Gasteiger partial charge on any atom is 0.308 e. The first-order valence-electron chi connectivity index (χ1n) is 14.0. The maximum atomic E-state index is 12.7. The Kier molecular flexibility index (Phi) is 17.6. The molecule has 0 aliphatic heterocycles. The molecule has 0 radical (unpaired) electrons. The number of unbranched alkanes of at least 4 members (excludes halogenated alkanes) is 9. The summed E-state index contributed by atoms with van der Waals surface area (Å²) in [5.41, 5.74) is 0. The van der Waals surface area contributed by atoms with Crippen LogP contribution in [0, 0.1) is 17.8 Å². The molecule has 0 spiro atoms. The largest absolute Gasteiger partial charge is 0.465 e. The van der Waals surface area contributed by atoms with Crippen LogP contribution in [-0.2, 0) is 19.1 Å². The Morgan fingerprint density at radius 1 is 0.688 bits per heavy atom. The molecule has 1 saturated carbocycles. The zero-order valence-electron chi connectivity index (χ0n) is 21.5. The second-order valence-electron chi connectivity index (χ2n) is 9.98. The van der Waals surface area contributed by atoms with Crippen molar-refractivity contribution in [3.8, 4) is 0 Å². The molecule has 1 aliphatic carbocycles. The normalized spacial score (nSPS) is 19.5. The molecular weight excluding hydrogens is 400 g/mol. The van der Waals surface area contributed by atoms with Gasteiger partial charge in [-0.05, 0) is 44.4 Å². The molecule has 3 atom stereocenters. The van der Waals surface area contributed by atoms with Crippen LogP contribution in [0.5, 0.6) is 0 Å². The van der Waals surface area contributed by atoms with E-state index in [9.17, 15) is 9.59 Å². The number of hydrogen-bond acceptors (Lipinski definition) is 4. The van der Waals surface area contributed by atoms with E-state index in [-0.39, 0.29) is 23.8 Å². The van der Waals surface area contributed by atoms with Gasteiger partial charge in [-0.1, -0.05) is 97.8 Å². The monoisotopic (exact) mass is 452 g/mol. The highest BCUT2D eigenvalue weighted by Crippen LogP contribution is 2.31. The molecule has 0 bridgehead atoms. The van der Waals surface area contributed by atoms with Crippen LogP contribution < -0.4 is 0 Å². The van der Waals surface area contributed by atoms with Gasteiger partial charge in [0, 0.05) is 0 Å². The van der Waals surface area contributed by atoms with Gasteiger partial charge in [-0.2, -0.15) is 0 Å². The summed E-state index contributed by atoms with van der Waals surface area (Å²) in [6, 6.07) is 0. The summed E-state index contributed by atoms with van der Waals surface area (Å²) in [7, 11) is 0. The molecule has 0 aromatic rings. The van der Waals surface area contributed by atoms with E-state index in [1.54, 1.807) is 0 Å². The Morgan fingerprint density at radius 3 is 1.88 bits per heavy atom.